The minimum atomic E-state index is -0.569. The molecule has 3 rings (SSSR count). The fourth-order valence-corrected chi connectivity index (χ4v) is 3.04. The largest absolute Gasteiger partial charge is 0.457 e. The molecule has 0 fully saturated rings. The molecule has 1 amide bonds. The van der Waals surface area contributed by atoms with Crippen LogP contribution in [0.2, 0.25) is 5.02 Å². The number of rotatable bonds is 5. The third-order valence-electron chi connectivity index (χ3n) is 3.81. The summed E-state index contributed by atoms with van der Waals surface area (Å²) in [6.07, 6.45) is 1.31. The average molecular weight is 520 g/mol. The van der Waals surface area contributed by atoms with Gasteiger partial charge in [0.05, 0.1) is 9.95 Å². The lowest BCUT2D eigenvalue weighted by Gasteiger charge is -2.04. The number of carbonyl (C=O) groups excluding carboxylic acids is 1. The maximum atomic E-state index is 12.3. The van der Waals surface area contributed by atoms with Crippen molar-refractivity contribution in [3.63, 3.8) is 0 Å². The highest BCUT2D eigenvalue weighted by atomic mass is 127. The molecule has 0 spiro atoms. The summed E-state index contributed by atoms with van der Waals surface area (Å²) >= 11 is 8.25. The fourth-order valence-electron chi connectivity index (χ4n) is 2.42. The summed E-state index contributed by atoms with van der Waals surface area (Å²) < 4.78 is 6.65. The van der Waals surface area contributed by atoms with E-state index in [-0.39, 0.29) is 22.0 Å². The Morgan fingerprint density at radius 1 is 1.21 bits per heavy atom. The van der Waals surface area contributed by atoms with E-state index in [1.165, 1.54) is 24.3 Å². The van der Waals surface area contributed by atoms with Gasteiger partial charge in [-0.3, -0.25) is 14.9 Å². The first-order valence-electron chi connectivity index (χ1n) is 8.10. The molecule has 9 heteroatoms. The summed E-state index contributed by atoms with van der Waals surface area (Å²) in [5.41, 5.74) is 0.747. The van der Waals surface area contributed by atoms with Crippen molar-refractivity contribution in [1.82, 2.24) is 0 Å². The standard InChI is InChI=1S/C20H11ClIN3O4/c21-18-10-15(25(27)28)5-7-17(18)19-8-6-16(29-19)9-12(11-23)20(26)24-14-3-1-13(22)2-4-14/h1-10H,(H,24,26). The second-order valence-electron chi connectivity index (χ2n) is 5.75. The molecule has 0 aliphatic rings. The minimum absolute atomic E-state index is 0.135. The number of anilines is 1. The van der Waals surface area contributed by atoms with Crippen LogP contribution in [0.25, 0.3) is 17.4 Å². The van der Waals surface area contributed by atoms with Crippen LogP contribution in [0.15, 0.2) is 64.6 Å². The van der Waals surface area contributed by atoms with Gasteiger partial charge in [-0.05, 0) is 65.1 Å². The van der Waals surface area contributed by atoms with Crippen LogP contribution in [-0.4, -0.2) is 10.8 Å². The molecule has 7 nitrogen and oxygen atoms in total. The smallest absolute Gasteiger partial charge is 0.270 e. The topological polar surface area (TPSA) is 109 Å². The van der Waals surface area contributed by atoms with Gasteiger partial charge in [0, 0.05) is 33.0 Å². The Bertz CT molecular complexity index is 1160. The predicted octanol–water partition coefficient (Wildman–Crippen LogP) is 5.66. The van der Waals surface area contributed by atoms with Crippen LogP contribution in [0, 0.1) is 25.0 Å². The molecule has 0 unspecified atom stereocenters. The first kappa shape index (κ1) is 20.6. The molecule has 0 bridgehead atoms. The van der Waals surface area contributed by atoms with Crippen molar-refractivity contribution in [3.05, 3.63) is 84.6 Å². The molecule has 1 aromatic heterocycles. The molecular weight excluding hydrogens is 509 g/mol. The summed E-state index contributed by atoms with van der Waals surface area (Å²) in [4.78, 5) is 22.6. The number of carbonyl (C=O) groups is 1. The van der Waals surface area contributed by atoms with Gasteiger partial charge >= 0.3 is 0 Å². The number of nitro groups is 1. The Morgan fingerprint density at radius 2 is 1.93 bits per heavy atom. The summed E-state index contributed by atoms with van der Waals surface area (Å²) in [6, 6.07) is 16.2. The lowest BCUT2D eigenvalue weighted by Crippen LogP contribution is -2.13. The number of halogens is 2. The second-order valence-corrected chi connectivity index (χ2v) is 7.41. The van der Waals surface area contributed by atoms with E-state index in [0.717, 1.165) is 3.57 Å². The third-order valence-corrected chi connectivity index (χ3v) is 4.84. The van der Waals surface area contributed by atoms with Gasteiger partial charge in [-0.1, -0.05) is 11.6 Å². The SMILES string of the molecule is N#CC(=Cc1ccc(-c2ccc([N+](=O)[O-])cc2Cl)o1)C(=O)Nc1ccc(I)cc1. The predicted molar refractivity (Wildman–Crippen MR) is 117 cm³/mol. The van der Waals surface area contributed by atoms with Crippen LogP contribution in [0.1, 0.15) is 5.76 Å². The van der Waals surface area contributed by atoms with E-state index in [2.05, 4.69) is 27.9 Å². The second kappa shape index (κ2) is 8.89. The zero-order valence-electron chi connectivity index (χ0n) is 14.6. The molecule has 3 aromatic rings. The van der Waals surface area contributed by atoms with Crippen molar-refractivity contribution < 1.29 is 14.1 Å². The third kappa shape index (κ3) is 5.01. The maximum Gasteiger partial charge on any atom is 0.270 e. The number of amides is 1. The normalized spacial score (nSPS) is 11.0. The van der Waals surface area contributed by atoms with Crippen molar-refractivity contribution in [2.45, 2.75) is 0 Å². The Kier molecular flexibility index (Phi) is 6.31. The van der Waals surface area contributed by atoms with Crippen LogP contribution in [-0.2, 0) is 4.79 Å². The molecule has 2 aromatic carbocycles. The Balaban J connectivity index is 1.82. The number of hydrogen-bond donors (Lipinski definition) is 1. The van der Waals surface area contributed by atoms with Gasteiger partial charge < -0.3 is 9.73 Å². The molecule has 0 saturated carbocycles. The van der Waals surface area contributed by atoms with Gasteiger partial charge in [-0.25, -0.2) is 0 Å². The Hall–Kier alpha value is -3.16. The summed E-state index contributed by atoms with van der Waals surface area (Å²) in [5.74, 6) is 0.0511. The lowest BCUT2D eigenvalue weighted by atomic mass is 10.1. The van der Waals surface area contributed by atoms with Gasteiger partial charge in [0.1, 0.15) is 23.2 Å². The molecule has 144 valence electrons. The molecule has 0 saturated heterocycles. The van der Waals surface area contributed by atoms with Crippen molar-refractivity contribution in [2.24, 2.45) is 0 Å². The van der Waals surface area contributed by atoms with E-state index in [4.69, 9.17) is 16.0 Å². The quantitative estimate of drug-likeness (QED) is 0.154. The van der Waals surface area contributed by atoms with E-state index in [1.807, 2.05) is 18.2 Å². The van der Waals surface area contributed by atoms with Crippen molar-refractivity contribution in [2.75, 3.05) is 5.32 Å². The highest BCUT2D eigenvalue weighted by Gasteiger charge is 2.15. The monoisotopic (exact) mass is 519 g/mol. The molecule has 0 aliphatic carbocycles. The molecule has 1 heterocycles. The van der Waals surface area contributed by atoms with Crippen molar-refractivity contribution in [3.8, 4) is 17.4 Å². The zero-order chi connectivity index (χ0) is 21.0. The van der Waals surface area contributed by atoms with Crippen molar-refractivity contribution >= 4 is 57.5 Å². The van der Waals surface area contributed by atoms with Crippen LogP contribution in [0.5, 0.6) is 0 Å². The number of nitrogens with zero attached hydrogens (tertiary/aromatic N) is 2. The molecule has 0 aliphatic heterocycles. The fraction of sp³-hybridized carbons (Fsp3) is 0. The number of hydrogen-bond acceptors (Lipinski definition) is 5. The van der Waals surface area contributed by atoms with Crippen LogP contribution < -0.4 is 5.32 Å². The van der Waals surface area contributed by atoms with Crippen LogP contribution >= 0.6 is 34.2 Å². The van der Waals surface area contributed by atoms with E-state index in [0.29, 0.717) is 17.0 Å². The Morgan fingerprint density at radius 3 is 2.55 bits per heavy atom. The number of nitriles is 1. The molecule has 0 radical (unpaired) electrons. The highest BCUT2D eigenvalue weighted by Crippen LogP contribution is 2.32. The molecule has 0 atom stereocenters. The van der Waals surface area contributed by atoms with Gasteiger partial charge in [0.25, 0.3) is 11.6 Å². The number of benzene rings is 2. The van der Waals surface area contributed by atoms with Gasteiger partial charge in [-0.2, -0.15) is 5.26 Å². The maximum absolute atomic E-state index is 12.3. The van der Waals surface area contributed by atoms with E-state index >= 15 is 0 Å². The number of nitro benzene ring substituents is 1. The molecule has 1 N–H and O–H groups in total. The zero-order valence-corrected chi connectivity index (χ0v) is 17.5. The van der Waals surface area contributed by atoms with E-state index in [9.17, 15) is 20.2 Å². The van der Waals surface area contributed by atoms with Crippen LogP contribution in [0.4, 0.5) is 11.4 Å². The van der Waals surface area contributed by atoms with Gasteiger partial charge in [0.2, 0.25) is 0 Å². The summed E-state index contributed by atoms with van der Waals surface area (Å²) in [6.45, 7) is 0. The summed E-state index contributed by atoms with van der Waals surface area (Å²) in [7, 11) is 0. The Labute approximate surface area is 183 Å². The first-order valence-corrected chi connectivity index (χ1v) is 9.56. The van der Waals surface area contributed by atoms with E-state index < -0.39 is 10.8 Å². The number of furan rings is 1. The van der Waals surface area contributed by atoms with Gasteiger partial charge in [-0.15, -0.1) is 0 Å². The molecule has 29 heavy (non-hydrogen) atoms. The first-order chi connectivity index (χ1) is 13.9. The van der Waals surface area contributed by atoms with E-state index in [1.54, 1.807) is 24.3 Å². The lowest BCUT2D eigenvalue weighted by molar-refractivity contribution is -0.384. The van der Waals surface area contributed by atoms with Crippen LogP contribution in [0.3, 0.4) is 0 Å². The summed E-state index contributed by atoms with van der Waals surface area (Å²) in [5, 5.41) is 22.9. The van der Waals surface area contributed by atoms with Crippen molar-refractivity contribution in [1.29, 1.82) is 5.26 Å². The minimum Gasteiger partial charge on any atom is -0.457 e. The number of nitrogens with one attached hydrogen (secondary N) is 1. The molecular formula is C20H11ClIN3O4. The highest BCUT2D eigenvalue weighted by molar-refractivity contribution is 14.1. The van der Waals surface area contributed by atoms with Gasteiger partial charge in [0.15, 0.2) is 0 Å². The average Bonchev–Trinajstić information content (AvgIpc) is 3.16. The number of non-ortho nitro benzene ring substituents is 1.